The molecule has 4 rings (SSSR count). The fourth-order valence-electron chi connectivity index (χ4n) is 2.48. The van der Waals surface area contributed by atoms with E-state index in [4.69, 9.17) is 4.42 Å². The first-order chi connectivity index (χ1) is 11.4. The highest BCUT2D eigenvalue weighted by Gasteiger charge is 2.36. The van der Waals surface area contributed by atoms with E-state index in [1.54, 1.807) is 17.5 Å². The van der Waals surface area contributed by atoms with Crippen molar-refractivity contribution in [2.75, 3.05) is 0 Å². The predicted octanol–water partition coefficient (Wildman–Crippen LogP) is 3.82. The monoisotopic (exact) mass is 351 g/mol. The number of alkyl halides is 3. The molecule has 0 aromatic carbocycles. The molecule has 0 saturated carbocycles. The van der Waals surface area contributed by atoms with Crippen molar-refractivity contribution in [3.05, 3.63) is 45.8 Å². The van der Waals surface area contributed by atoms with Crippen molar-refractivity contribution in [3.8, 4) is 10.6 Å². The van der Waals surface area contributed by atoms with Crippen LogP contribution in [0.4, 0.5) is 13.2 Å². The summed E-state index contributed by atoms with van der Waals surface area (Å²) in [5.41, 5.74) is -1.97. The first-order valence-electron chi connectivity index (χ1n) is 6.76. The van der Waals surface area contributed by atoms with Crippen molar-refractivity contribution in [3.63, 3.8) is 0 Å². The highest BCUT2D eigenvalue weighted by molar-refractivity contribution is 7.13. The average Bonchev–Trinajstić information content (AvgIpc) is 3.16. The first-order valence-corrected chi connectivity index (χ1v) is 7.64. The van der Waals surface area contributed by atoms with Crippen LogP contribution in [0.1, 0.15) is 5.56 Å². The van der Waals surface area contributed by atoms with Crippen LogP contribution in [0, 0.1) is 0 Å². The standard InChI is InChI=1S/C15H8F3N3O2S/c1-21-6-19-11-10-7(15(16,17)18)5-8(9-3-2-4-24-9)20-13(10)23-12(11)14(21)22/h2-6H,1H3. The van der Waals surface area contributed by atoms with Crippen LogP contribution in [-0.2, 0) is 13.2 Å². The number of aryl methyl sites for hydroxylation is 1. The van der Waals surface area contributed by atoms with E-state index in [1.807, 2.05) is 0 Å². The number of furan rings is 1. The molecule has 0 fully saturated rings. The number of pyridine rings is 1. The minimum atomic E-state index is -4.63. The fourth-order valence-corrected chi connectivity index (χ4v) is 3.17. The molecule has 5 nitrogen and oxygen atoms in total. The lowest BCUT2D eigenvalue weighted by Crippen LogP contribution is -2.16. The minimum Gasteiger partial charge on any atom is -0.430 e. The lowest BCUT2D eigenvalue weighted by molar-refractivity contribution is -0.136. The van der Waals surface area contributed by atoms with Gasteiger partial charge >= 0.3 is 6.18 Å². The summed E-state index contributed by atoms with van der Waals surface area (Å²) < 4.78 is 47.1. The van der Waals surface area contributed by atoms with Crippen molar-refractivity contribution in [1.82, 2.24) is 14.5 Å². The number of nitrogens with zero attached hydrogens (tertiary/aromatic N) is 3. The van der Waals surface area contributed by atoms with Crippen molar-refractivity contribution in [2.45, 2.75) is 6.18 Å². The van der Waals surface area contributed by atoms with Gasteiger partial charge in [0.15, 0.2) is 0 Å². The number of fused-ring (bicyclic) bond motifs is 3. The number of hydrogen-bond acceptors (Lipinski definition) is 5. The van der Waals surface area contributed by atoms with Crippen molar-refractivity contribution < 1.29 is 17.6 Å². The Labute approximate surface area is 136 Å². The fraction of sp³-hybridized carbons (Fsp3) is 0.133. The molecule has 0 unspecified atom stereocenters. The second kappa shape index (κ2) is 4.91. The third-order valence-corrected chi connectivity index (χ3v) is 4.48. The van der Waals surface area contributed by atoms with Gasteiger partial charge in [0.2, 0.25) is 11.3 Å². The molecule has 0 amide bonds. The van der Waals surface area contributed by atoms with E-state index in [9.17, 15) is 18.0 Å². The zero-order valence-corrected chi connectivity index (χ0v) is 12.9. The maximum Gasteiger partial charge on any atom is 0.417 e. The summed E-state index contributed by atoms with van der Waals surface area (Å²) >= 11 is 1.26. The summed E-state index contributed by atoms with van der Waals surface area (Å²) in [6, 6.07) is 4.34. The molecule has 0 aliphatic rings. The molecule has 4 aromatic rings. The van der Waals surface area contributed by atoms with Gasteiger partial charge < -0.3 is 4.42 Å². The van der Waals surface area contributed by atoms with E-state index in [1.165, 1.54) is 18.4 Å². The molecular weight excluding hydrogens is 343 g/mol. The Balaban J connectivity index is 2.18. The van der Waals surface area contributed by atoms with Crippen LogP contribution in [0.15, 0.2) is 39.1 Å². The summed E-state index contributed by atoms with van der Waals surface area (Å²) in [6.45, 7) is 0. The Morgan fingerprint density at radius 2 is 2.12 bits per heavy atom. The SMILES string of the molecule is Cn1cnc2c(oc3nc(-c4cccs4)cc(C(F)(F)F)c32)c1=O. The number of aromatic nitrogens is 3. The number of hydrogen-bond donors (Lipinski definition) is 0. The Bertz CT molecular complexity index is 1130. The molecule has 0 bridgehead atoms. The van der Waals surface area contributed by atoms with Crippen LogP contribution in [-0.4, -0.2) is 14.5 Å². The van der Waals surface area contributed by atoms with Gasteiger partial charge in [-0.05, 0) is 17.5 Å². The Kier molecular flexibility index (Phi) is 3.04. The Morgan fingerprint density at radius 1 is 1.33 bits per heavy atom. The van der Waals surface area contributed by atoms with Gasteiger partial charge in [-0.3, -0.25) is 9.36 Å². The first kappa shape index (κ1) is 14.9. The topological polar surface area (TPSA) is 60.9 Å². The van der Waals surface area contributed by atoms with Gasteiger partial charge in [-0.25, -0.2) is 9.97 Å². The highest BCUT2D eigenvalue weighted by Crippen LogP contribution is 2.40. The second-order valence-electron chi connectivity index (χ2n) is 5.15. The summed E-state index contributed by atoms with van der Waals surface area (Å²) in [5, 5.41) is 1.44. The van der Waals surface area contributed by atoms with Crippen molar-refractivity contribution >= 4 is 33.5 Å². The molecule has 9 heteroatoms. The van der Waals surface area contributed by atoms with E-state index in [2.05, 4.69) is 9.97 Å². The predicted molar refractivity (Wildman–Crippen MR) is 82.9 cm³/mol. The summed E-state index contributed by atoms with van der Waals surface area (Å²) in [7, 11) is 1.44. The molecule has 4 aromatic heterocycles. The second-order valence-corrected chi connectivity index (χ2v) is 6.10. The van der Waals surface area contributed by atoms with Crippen molar-refractivity contribution in [2.24, 2.45) is 7.05 Å². The lowest BCUT2D eigenvalue weighted by Gasteiger charge is -2.09. The molecule has 0 radical (unpaired) electrons. The van der Waals surface area contributed by atoms with Crippen molar-refractivity contribution in [1.29, 1.82) is 0 Å². The normalized spacial score (nSPS) is 12.3. The third-order valence-electron chi connectivity index (χ3n) is 3.59. The van der Waals surface area contributed by atoms with E-state index >= 15 is 0 Å². The maximum atomic E-state index is 13.5. The molecule has 0 aliphatic heterocycles. The molecule has 0 N–H and O–H groups in total. The zero-order valence-electron chi connectivity index (χ0n) is 12.1. The Morgan fingerprint density at radius 3 is 2.79 bits per heavy atom. The van der Waals surface area contributed by atoms with Crippen LogP contribution in [0.3, 0.4) is 0 Å². The van der Waals surface area contributed by atoms with Crippen LogP contribution in [0.2, 0.25) is 0 Å². The zero-order chi connectivity index (χ0) is 17.1. The van der Waals surface area contributed by atoms with E-state index in [0.29, 0.717) is 4.88 Å². The van der Waals surface area contributed by atoms with Gasteiger partial charge in [-0.2, -0.15) is 13.2 Å². The summed E-state index contributed by atoms with van der Waals surface area (Å²) in [5.74, 6) is 0. The summed E-state index contributed by atoms with van der Waals surface area (Å²) in [4.78, 5) is 20.8. The molecule has 0 atom stereocenters. The molecule has 4 heterocycles. The van der Waals surface area contributed by atoms with E-state index < -0.39 is 17.3 Å². The molecule has 122 valence electrons. The van der Waals surface area contributed by atoms with Gasteiger partial charge in [0.25, 0.3) is 5.56 Å². The summed E-state index contributed by atoms with van der Waals surface area (Å²) in [6.07, 6.45) is -3.47. The van der Waals surface area contributed by atoms with Crippen LogP contribution in [0.5, 0.6) is 0 Å². The number of thiophene rings is 1. The van der Waals surface area contributed by atoms with Crippen LogP contribution >= 0.6 is 11.3 Å². The van der Waals surface area contributed by atoms with Gasteiger partial charge in [0.1, 0.15) is 5.52 Å². The lowest BCUT2D eigenvalue weighted by atomic mass is 10.1. The largest absolute Gasteiger partial charge is 0.430 e. The Hall–Kier alpha value is -2.68. The number of rotatable bonds is 1. The molecule has 24 heavy (non-hydrogen) atoms. The molecule has 0 aliphatic carbocycles. The highest BCUT2D eigenvalue weighted by atomic mass is 32.1. The van der Waals surface area contributed by atoms with Gasteiger partial charge in [-0.1, -0.05) is 6.07 Å². The smallest absolute Gasteiger partial charge is 0.417 e. The van der Waals surface area contributed by atoms with Gasteiger partial charge in [0, 0.05) is 7.05 Å². The van der Waals surface area contributed by atoms with Crippen LogP contribution < -0.4 is 5.56 Å². The number of halogens is 3. The molecule has 0 spiro atoms. The van der Waals surface area contributed by atoms with E-state index in [0.717, 1.165) is 17.0 Å². The quantitative estimate of drug-likeness (QED) is 0.523. The van der Waals surface area contributed by atoms with Gasteiger partial charge in [0.05, 0.1) is 27.8 Å². The van der Waals surface area contributed by atoms with Crippen LogP contribution in [0.25, 0.3) is 32.8 Å². The molecular formula is C15H8F3N3O2S. The van der Waals surface area contributed by atoms with E-state index in [-0.39, 0.29) is 27.9 Å². The van der Waals surface area contributed by atoms with Gasteiger partial charge in [-0.15, -0.1) is 11.3 Å². The average molecular weight is 351 g/mol. The molecule has 0 saturated heterocycles. The third kappa shape index (κ3) is 2.12. The maximum absolute atomic E-state index is 13.5. The minimum absolute atomic E-state index is 0.134.